The fraction of sp³-hybridized carbons (Fsp3) is 0.179. The first kappa shape index (κ1) is 25.8. The summed E-state index contributed by atoms with van der Waals surface area (Å²) in [4.78, 5) is 26.4. The Kier molecular flexibility index (Phi) is 7.93. The highest BCUT2D eigenvalue weighted by molar-refractivity contribution is 6.31. The number of anilines is 2. The maximum Gasteiger partial charge on any atom is 0.299 e. The number of aromatic nitrogens is 2. The van der Waals surface area contributed by atoms with E-state index in [1.54, 1.807) is 72.8 Å². The van der Waals surface area contributed by atoms with Crippen molar-refractivity contribution in [1.82, 2.24) is 15.1 Å². The number of nitrogens with zero attached hydrogens (tertiary/aromatic N) is 2. The molecule has 0 radical (unpaired) electrons. The van der Waals surface area contributed by atoms with Gasteiger partial charge in [0, 0.05) is 34.4 Å². The highest BCUT2D eigenvalue weighted by atomic mass is 35.5. The molecular weight excluding hydrogens is 527 g/mol. The summed E-state index contributed by atoms with van der Waals surface area (Å²) in [5.74, 6) is 0.388. The highest BCUT2D eigenvalue weighted by Gasteiger charge is 2.18. The summed E-state index contributed by atoms with van der Waals surface area (Å²) in [5, 5.41) is 11.3. The van der Waals surface area contributed by atoms with E-state index in [9.17, 15) is 9.59 Å². The second-order valence-electron chi connectivity index (χ2n) is 8.69. The van der Waals surface area contributed by atoms with Gasteiger partial charge in [-0.1, -0.05) is 41.4 Å². The van der Waals surface area contributed by atoms with Crippen LogP contribution in [0.5, 0.6) is 11.5 Å². The standard InChI is InChI=1S/C28H24Cl2N4O4/c29-19-6-2-9-22(14-19)34-28(36)26(25(17-32-34)38-23-10-3-7-20(30)15-23)33-21-8-1-5-18(13-21)27(35)31-16-24-11-4-12-37-24/h1-3,5-10,13-15,17,24,33H,4,11-12,16H2,(H,31,35). The Morgan fingerprint density at radius 2 is 1.84 bits per heavy atom. The molecule has 0 saturated carbocycles. The van der Waals surface area contributed by atoms with Crippen molar-refractivity contribution in [3.05, 3.63) is 105 Å². The van der Waals surface area contributed by atoms with Gasteiger partial charge in [-0.2, -0.15) is 9.78 Å². The Hall–Kier alpha value is -3.85. The molecule has 0 bridgehead atoms. The molecular formula is C28H24Cl2N4O4. The summed E-state index contributed by atoms with van der Waals surface area (Å²) < 4.78 is 12.8. The zero-order valence-corrected chi connectivity index (χ0v) is 21.7. The van der Waals surface area contributed by atoms with Gasteiger partial charge in [-0.05, 0) is 67.4 Å². The Balaban J connectivity index is 1.46. The minimum absolute atomic E-state index is 0.0354. The fourth-order valence-corrected chi connectivity index (χ4v) is 4.44. The lowest BCUT2D eigenvalue weighted by Crippen LogP contribution is -2.31. The molecule has 2 heterocycles. The first-order valence-electron chi connectivity index (χ1n) is 12.0. The largest absolute Gasteiger partial charge is 0.453 e. The van der Waals surface area contributed by atoms with Gasteiger partial charge in [0.1, 0.15) is 5.75 Å². The Labute approximate surface area is 229 Å². The van der Waals surface area contributed by atoms with E-state index in [1.807, 2.05) is 0 Å². The van der Waals surface area contributed by atoms with E-state index < -0.39 is 5.56 Å². The molecule has 1 atom stereocenters. The minimum Gasteiger partial charge on any atom is -0.453 e. The predicted octanol–water partition coefficient (Wildman–Crippen LogP) is 5.98. The van der Waals surface area contributed by atoms with E-state index in [2.05, 4.69) is 15.7 Å². The Bertz CT molecular complexity index is 1520. The molecule has 1 amide bonds. The van der Waals surface area contributed by atoms with Crippen LogP contribution in [0.25, 0.3) is 5.69 Å². The smallest absolute Gasteiger partial charge is 0.299 e. The van der Waals surface area contributed by atoms with Gasteiger partial charge in [0.25, 0.3) is 11.5 Å². The molecule has 1 aliphatic rings. The monoisotopic (exact) mass is 550 g/mol. The molecule has 10 heteroatoms. The van der Waals surface area contributed by atoms with Crippen LogP contribution in [-0.2, 0) is 4.74 Å². The number of benzene rings is 3. The summed E-state index contributed by atoms with van der Waals surface area (Å²) >= 11 is 12.3. The van der Waals surface area contributed by atoms with Crippen molar-refractivity contribution in [3.8, 4) is 17.2 Å². The Morgan fingerprint density at radius 1 is 1.05 bits per heavy atom. The molecule has 1 aromatic heterocycles. The second kappa shape index (κ2) is 11.7. The second-order valence-corrected chi connectivity index (χ2v) is 9.56. The summed E-state index contributed by atoms with van der Waals surface area (Å²) in [7, 11) is 0. The highest BCUT2D eigenvalue weighted by Crippen LogP contribution is 2.30. The molecule has 4 aromatic rings. The molecule has 1 unspecified atom stereocenters. The van der Waals surface area contributed by atoms with Gasteiger partial charge >= 0.3 is 0 Å². The first-order valence-corrected chi connectivity index (χ1v) is 12.8. The van der Waals surface area contributed by atoms with E-state index >= 15 is 0 Å². The number of ether oxygens (including phenoxy) is 2. The van der Waals surface area contributed by atoms with E-state index in [4.69, 9.17) is 32.7 Å². The SMILES string of the molecule is O=C(NCC1CCCO1)c1cccc(Nc2c(Oc3cccc(Cl)c3)cnn(-c3cccc(Cl)c3)c2=O)c1. The lowest BCUT2D eigenvalue weighted by Gasteiger charge is -2.15. The van der Waals surface area contributed by atoms with Gasteiger partial charge in [-0.3, -0.25) is 9.59 Å². The molecule has 5 rings (SSSR count). The van der Waals surface area contributed by atoms with Crippen molar-refractivity contribution in [3.63, 3.8) is 0 Å². The molecule has 0 aliphatic carbocycles. The topological polar surface area (TPSA) is 94.5 Å². The van der Waals surface area contributed by atoms with Crippen LogP contribution in [0.1, 0.15) is 23.2 Å². The van der Waals surface area contributed by atoms with Crippen LogP contribution in [0, 0.1) is 0 Å². The third kappa shape index (κ3) is 6.16. The van der Waals surface area contributed by atoms with Crippen molar-refractivity contribution < 1.29 is 14.3 Å². The molecule has 38 heavy (non-hydrogen) atoms. The summed E-state index contributed by atoms with van der Waals surface area (Å²) in [6.07, 6.45) is 3.40. The van der Waals surface area contributed by atoms with E-state index in [1.165, 1.54) is 10.9 Å². The summed E-state index contributed by atoms with van der Waals surface area (Å²) in [6, 6.07) is 20.5. The molecule has 2 N–H and O–H groups in total. The van der Waals surface area contributed by atoms with Crippen LogP contribution in [0.15, 0.2) is 83.8 Å². The summed E-state index contributed by atoms with van der Waals surface area (Å²) in [5.41, 5.74) is 1.10. The molecule has 1 aliphatic heterocycles. The van der Waals surface area contributed by atoms with Crippen LogP contribution in [-0.4, -0.2) is 34.9 Å². The van der Waals surface area contributed by atoms with Crippen molar-refractivity contribution in [2.75, 3.05) is 18.5 Å². The van der Waals surface area contributed by atoms with E-state index in [-0.39, 0.29) is 23.4 Å². The van der Waals surface area contributed by atoms with Crippen molar-refractivity contribution >= 4 is 40.5 Å². The Morgan fingerprint density at radius 3 is 2.61 bits per heavy atom. The predicted molar refractivity (Wildman–Crippen MR) is 147 cm³/mol. The first-order chi connectivity index (χ1) is 18.5. The quantitative estimate of drug-likeness (QED) is 0.280. The maximum atomic E-state index is 13.6. The van der Waals surface area contributed by atoms with E-state index in [0.29, 0.717) is 39.3 Å². The van der Waals surface area contributed by atoms with Gasteiger partial charge in [0.15, 0.2) is 11.4 Å². The van der Waals surface area contributed by atoms with Gasteiger partial charge in [-0.15, -0.1) is 0 Å². The van der Waals surface area contributed by atoms with Crippen LogP contribution in [0.3, 0.4) is 0 Å². The average Bonchev–Trinajstić information content (AvgIpc) is 3.43. The number of amides is 1. The molecule has 0 spiro atoms. The molecule has 194 valence electrons. The van der Waals surface area contributed by atoms with E-state index in [0.717, 1.165) is 19.4 Å². The zero-order valence-electron chi connectivity index (χ0n) is 20.2. The number of halogens is 2. The number of carbonyl (C=O) groups excluding carboxylic acids is 1. The van der Waals surface area contributed by atoms with Crippen LogP contribution < -0.4 is 20.9 Å². The third-order valence-electron chi connectivity index (χ3n) is 5.93. The van der Waals surface area contributed by atoms with Gasteiger partial charge in [-0.25, -0.2) is 0 Å². The van der Waals surface area contributed by atoms with Crippen molar-refractivity contribution in [1.29, 1.82) is 0 Å². The maximum absolute atomic E-state index is 13.6. The number of nitrogens with one attached hydrogen (secondary N) is 2. The zero-order chi connectivity index (χ0) is 26.5. The average molecular weight is 551 g/mol. The van der Waals surface area contributed by atoms with Crippen molar-refractivity contribution in [2.45, 2.75) is 18.9 Å². The van der Waals surface area contributed by atoms with Gasteiger partial charge < -0.3 is 20.1 Å². The van der Waals surface area contributed by atoms with Gasteiger partial charge in [0.2, 0.25) is 0 Å². The summed E-state index contributed by atoms with van der Waals surface area (Å²) in [6.45, 7) is 1.17. The number of hydrogen-bond acceptors (Lipinski definition) is 6. The van der Waals surface area contributed by atoms with Crippen molar-refractivity contribution in [2.24, 2.45) is 0 Å². The van der Waals surface area contributed by atoms with Crippen LogP contribution >= 0.6 is 23.2 Å². The molecule has 8 nitrogen and oxygen atoms in total. The number of hydrogen-bond donors (Lipinski definition) is 2. The fourth-order valence-electron chi connectivity index (χ4n) is 4.08. The number of rotatable bonds is 8. The molecule has 1 fully saturated rings. The van der Waals surface area contributed by atoms with Crippen LogP contribution in [0.4, 0.5) is 11.4 Å². The molecule has 3 aromatic carbocycles. The van der Waals surface area contributed by atoms with Crippen LogP contribution in [0.2, 0.25) is 10.0 Å². The lowest BCUT2D eigenvalue weighted by atomic mass is 10.1. The molecule has 1 saturated heterocycles. The number of carbonyl (C=O) groups is 1. The third-order valence-corrected chi connectivity index (χ3v) is 6.40. The van der Waals surface area contributed by atoms with Gasteiger partial charge in [0.05, 0.1) is 18.0 Å². The lowest BCUT2D eigenvalue weighted by molar-refractivity contribution is 0.0858. The normalized spacial score (nSPS) is 14.7. The minimum atomic E-state index is -0.472.